The number of rotatable bonds is 2. The molecule has 0 radical (unpaired) electrons. The molecule has 0 aromatic heterocycles. The molecule has 106 valence electrons. The van der Waals surface area contributed by atoms with Crippen molar-refractivity contribution >= 4 is 81.4 Å². The van der Waals surface area contributed by atoms with Crippen LogP contribution in [0.5, 0.6) is 0 Å². The van der Waals surface area contributed by atoms with Crippen LogP contribution in [0, 0.1) is 0 Å². The Bertz CT molecular complexity index is 495. The van der Waals surface area contributed by atoms with Crippen molar-refractivity contribution in [1.29, 1.82) is 0 Å². The molecule has 2 aliphatic rings. The Labute approximate surface area is 138 Å². The summed E-state index contributed by atoms with van der Waals surface area (Å²) in [5, 5.41) is 0. The highest BCUT2D eigenvalue weighted by Crippen LogP contribution is 2.76. The van der Waals surface area contributed by atoms with Crippen LogP contribution in [0.1, 0.15) is 0 Å². The standard InChI is InChI=1S/C9H6Cl6N2O2/c10-5-1-2-6(11,9(5,14)15)8(13,4(17)19)7(5,12)3(16)18/h1-2H,(H2,16,18)(H2,17,19). The maximum atomic E-state index is 11.8. The predicted octanol–water partition coefficient (Wildman–Crippen LogP) is 1.62. The zero-order valence-electron chi connectivity index (χ0n) is 8.89. The second kappa shape index (κ2) is 3.79. The fourth-order valence-corrected chi connectivity index (χ4v) is 5.51. The van der Waals surface area contributed by atoms with E-state index in [1.54, 1.807) is 0 Å². The van der Waals surface area contributed by atoms with Gasteiger partial charge in [0.1, 0.15) is 9.75 Å². The summed E-state index contributed by atoms with van der Waals surface area (Å²) in [6, 6.07) is 0. The first kappa shape index (κ1) is 15.8. The largest absolute Gasteiger partial charge is 0.368 e. The summed E-state index contributed by atoms with van der Waals surface area (Å²) >= 11 is 37.1. The minimum absolute atomic E-state index is 1.20. The van der Waals surface area contributed by atoms with Gasteiger partial charge in [-0.3, -0.25) is 9.59 Å². The highest BCUT2D eigenvalue weighted by molar-refractivity contribution is 6.69. The minimum Gasteiger partial charge on any atom is -0.368 e. The topological polar surface area (TPSA) is 86.2 Å². The maximum Gasteiger partial charge on any atom is 0.243 e. The summed E-state index contributed by atoms with van der Waals surface area (Å²) in [5.41, 5.74) is 10.5. The van der Waals surface area contributed by atoms with Crippen molar-refractivity contribution < 1.29 is 9.59 Å². The van der Waals surface area contributed by atoms with Crippen LogP contribution in [0.4, 0.5) is 0 Å². The molecular formula is C9H6Cl6N2O2. The van der Waals surface area contributed by atoms with Gasteiger partial charge in [0.2, 0.25) is 11.8 Å². The molecule has 4 nitrogen and oxygen atoms in total. The first-order chi connectivity index (χ1) is 8.34. The fraction of sp³-hybridized carbons (Fsp3) is 0.556. The lowest BCUT2D eigenvalue weighted by molar-refractivity contribution is -0.128. The fourth-order valence-electron chi connectivity index (χ4n) is 2.57. The molecule has 0 saturated heterocycles. The summed E-state index contributed by atoms with van der Waals surface area (Å²) in [6.07, 6.45) is 2.39. The Morgan fingerprint density at radius 2 is 1.00 bits per heavy atom. The first-order valence-corrected chi connectivity index (χ1v) is 7.05. The van der Waals surface area contributed by atoms with Crippen molar-refractivity contribution in [2.45, 2.75) is 23.8 Å². The zero-order chi connectivity index (χ0) is 15.1. The van der Waals surface area contributed by atoms with Gasteiger partial charge in [-0.25, -0.2) is 0 Å². The Morgan fingerprint density at radius 1 is 0.737 bits per heavy atom. The van der Waals surface area contributed by atoms with E-state index in [9.17, 15) is 9.59 Å². The molecule has 0 heterocycles. The van der Waals surface area contributed by atoms with Crippen LogP contribution < -0.4 is 11.5 Å². The van der Waals surface area contributed by atoms with Gasteiger partial charge in [0.15, 0.2) is 14.1 Å². The minimum atomic E-state index is -2.39. The number of carbonyl (C=O) groups excluding carboxylic acids is 2. The molecule has 0 aromatic carbocycles. The molecule has 2 amide bonds. The first-order valence-electron chi connectivity index (χ1n) is 4.78. The molecule has 1 fully saturated rings. The quantitative estimate of drug-likeness (QED) is 0.558. The molecule has 0 aliphatic heterocycles. The van der Waals surface area contributed by atoms with E-state index in [2.05, 4.69) is 0 Å². The van der Waals surface area contributed by atoms with E-state index >= 15 is 0 Å². The lowest BCUT2D eigenvalue weighted by Crippen LogP contribution is -2.69. The number of allylic oxidation sites excluding steroid dienone is 2. The molecule has 0 spiro atoms. The average molecular weight is 387 g/mol. The number of fused-ring (bicyclic) bond motifs is 2. The van der Waals surface area contributed by atoms with Gasteiger partial charge >= 0.3 is 0 Å². The number of hydrogen-bond acceptors (Lipinski definition) is 2. The van der Waals surface area contributed by atoms with E-state index in [1.165, 1.54) is 12.2 Å². The second-order valence-electron chi connectivity index (χ2n) is 4.38. The number of primary amides is 2. The lowest BCUT2D eigenvalue weighted by atomic mass is 9.79. The zero-order valence-corrected chi connectivity index (χ0v) is 13.4. The molecule has 19 heavy (non-hydrogen) atoms. The van der Waals surface area contributed by atoms with Crippen LogP contribution in [0.25, 0.3) is 0 Å². The van der Waals surface area contributed by atoms with E-state index in [-0.39, 0.29) is 0 Å². The number of amides is 2. The van der Waals surface area contributed by atoms with Crippen molar-refractivity contribution in [3.63, 3.8) is 0 Å². The van der Waals surface area contributed by atoms with Gasteiger partial charge in [-0.2, -0.15) is 0 Å². The van der Waals surface area contributed by atoms with E-state index in [0.717, 1.165) is 0 Å². The van der Waals surface area contributed by atoms with Crippen LogP contribution in [0.2, 0.25) is 0 Å². The summed E-state index contributed by atoms with van der Waals surface area (Å²) in [4.78, 5) is 14.8. The molecule has 2 aliphatic carbocycles. The van der Waals surface area contributed by atoms with Gasteiger partial charge < -0.3 is 11.5 Å². The predicted molar refractivity (Wildman–Crippen MR) is 76.3 cm³/mol. The van der Waals surface area contributed by atoms with Crippen molar-refractivity contribution in [3.05, 3.63) is 12.2 Å². The van der Waals surface area contributed by atoms with Gasteiger partial charge in [-0.05, 0) is 0 Å². The van der Waals surface area contributed by atoms with Gasteiger partial charge in [0.25, 0.3) is 0 Å². The van der Waals surface area contributed by atoms with Crippen molar-refractivity contribution in [3.8, 4) is 0 Å². The van der Waals surface area contributed by atoms with Crippen molar-refractivity contribution in [2.24, 2.45) is 11.5 Å². The third-order valence-corrected chi connectivity index (χ3v) is 8.40. The molecular weight excluding hydrogens is 381 g/mol. The Balaban J connectivity index is 2.94. The number of hydrogen-bond donors (Lipinski definition) is 2. The molecule has 0 aromatic rings. The summed E-state index contributed by atoms with van der Waals surface area (Å²) < 4.78 is -2.07. The summed E-state index contributed by atoms with van der Waals surface area (Å²) in [5.74, 6) is -2.42. The summed E-state index contributed by atoms with van der Waals surface area (Å²) in [6.45, 7) is 0. The summed E-state index contributed by atoms with van der Waals surface area (Å²) in [7, 11) is 0. The number of halogens is 6. The SMILES string of the molecule is NC(=O)C1(Cl)C2(Cl)C=CC(Cl)(C2(Cl)Cl)C1(Cl)C(N)=O. The highest BCUT2D eigenvalue weighted by atomic mass is 35.5. The van der Waals surface area contributed by atoms with Gasteiger partial charge in [-0.15, -0.1) is 46.4 Å². The lowest BCUT2D eigenvalue weighted by Gasteiger charge is -2.42. The Hall–Kier alpha value is 0.420. The van der Waals surface area contributed by atoms with Crippen molar-refractivity contribution in [1.82, 2.24) is 0 Å². The number of nitrogens with two attached hydrogens (primary N) is 2. The van der Waals surface area contributed by atoms with Crippen LogP contribution in [-0.2, 0) is 9.59 Å². The monoisotopic (exact) mass is 384 g/mol. The van der Waals surface area contributed by atoms with E-state index in [1.807, 2.05) is 0 Å². The van der Waals surface area contributed by atoms with E-state index in [4.69, 9.17) is 81.1 Å². The van der Waals surface area contributed by atoms with Gasteiger partial charge in [-0.1, -0.05) is 35.4 Å². The number of carbonyl (C=O) groups is 2. The molecule has 2 bridgehead atoms. The molecule has 4 unspecified atom stereocenters. The molecule has 10 heteroatoms. The van der Waals surface area contributed by atoms with Crippen LogP contribution in [0.3, 0.4) is 0 Å². The Kier molecular flexibility index (Phi) is 3.15. The molecule has 4 atom stereocenters. The Morgan fingerprint density at radius 3 is 1.21 bits per heavy atom. The molecule has 4 N–H and O–H groups in total. The van der Waals surface area contributed by atoms with Gasteiger partial charge in [0, 0.05) is 0 Å². The van der Waals surface area contributed by atoms with Crippen LogP contribution in [0.15, 0.2) is 12.2 Å². The maximum absolute atomic E-state index is 11.8. The molecule has 1 saturated carbocycles. The van der Waals surface area contributed by atoms with Crippen LogP contribution >= 0.6 is 69.6 Å². The van der Waals surface area contributed by atoms with E-state index in [0.29, 0.717) is 0 Å². The molecule has 2 rings (SSSR count). The normalized spacial score (nSPS) is 50.4. The third-order valence-electron chi connectivity index (χ3n) is 3.61. The average Bonchev–Trinajstić information content (AvgIpc) is 2.51. The van der Waals surface area contributed by atoms with E-state index < -0.39 is 35.6 Å². The van der Waals surface area contributed by atoms with Gasteiger partial charge in [0.05, 0.1) is 0 Å². The highest BCUT2D eigenvalue weighted by Gasteiger charge is 2.92. The third kappa shape index (κ3) is 1.20. The smallest absolute Gasteiger partial charge is 0.243 e. The van der Waals surface area contributed by atoms with Crippen LogP contribution in [-0.4, -0.2) is 35.6 Å². The van der Waals surface area contributed by atoms with Crippen molar-refractivity contribution in [2.75, 3.05) is 0 Å². The number of alkyl halides is 6. The second-order valence-corrected chi connectivity index (χ2v) is 8.03.